The number of aliphatic carboxylic acids is 1. The highest BCUT2D eigenvalue weighted by atomic mass is 16.5. The molecular weight excluding hydrogens is 236 g/mol. The van der Waals surface area contributed by atoms with Gasteiger partial charge >= 0.3 is 5.97 Å². The molecule has 2 rings (SSSR count). The molecule has 0 radical (unpaired) electrons. The molecule has 6 heteroatoms. The molecule has 0 spiro atoms. The summed E-state index contributed by atoms with van der Waals surface area (Å²) < 4.78 is 5.27. The van der Waals surface area contributed by atoms with Gasteiger partial charge in [-0.05, 0) is 19.3 Å². The van der Waals surface area contributed by atoms with Gasteiger partial charge in [0.05, 0.1) is 25.7 Å². The molecule has 3 atom stereocenters. The summed E-state index contributed by atoms with van der Waals surface area (Å²) in [6, 6.07) is -0.224. The van der Waals surface area contributed by atoms with E-state index in [-0.39, 0.29) is 30.3 Å². The summed E-state index contributed by atoms with van der Waals surface area (Å²) in [4.78, 5) is 24.8. The van der Waals surface area contributed by atoms with Crippen LogP contribution in [0.15, 0.2) is 0 Å². The minimum absolute atomic E-state index is 0.0330. The second-order valence-electron chi connectivity index (χ2n) is 5.13. The van der Waals surface area contributed by atoms with E-state index in [0.29, 0.717) is 19.8 Å². The van der Waals surface area contributed by atoms with Gasteiger partial charge in [-0.25, -0.2) is 0 Å². The van der Waals surface area contributed by atoms with Crippen molar-refractivity contribution in [3.05, 3.63) is 0 Å². The van der Waals surface area contributed by atoms with Crippen molar-refractivity contribution in [3.63, 3.8) is 0 Å². The van der Waals surface area contributed by atoms with Crippen molar-refractivity contribution in [2.75, 3.05) is 19.8 Å². The molecular formula is C12H20N2O4. The van der Waals surface area contributed by atoms with Crippen LogP contribution in [0.1, 0.15) is 25.7 Å². The molecule has 0 aromatic rings. The Morgan fingerprint density at radius 3 is 2.78 bits per heavy atom. The van der Waals surface area contributed by atoms with Crippen LogP contribution < -0.4 is 5.73 Å². The van der Waals surface area contributed by atoms with Crippen LogP contribution in [0, 0.1) is 5.92 Å². The molecule has 102 valence electrons. The van der Waals surface area contributed by atoms with Crippen molar-refractivity contribution in [1.29, 1.82) is 0 Å². The molecule has 2 fully saturated rings. The molecule has 1 amide bonds. The van der Waals surface area contributed by atoms with Crippen molar-refractivity contribution in [2.45, 2.75) is 37.8 Å². The maximum Gasteiger partial charge on any atom is 0.305 e. The van der Waals surface area contributed by atoms with E-state index < -0.39 is 5.97 Å². The number of carbonyl (C=O) groups excluding carboxylic acids is 1. The average molecular weight is 256 g/mol. The Morgan fingerprint density at radius 2 is 2.17 bits per heavy atom. The first-order chi connectivity index (χ1) is 8.58. The highest BCUT2D eigenvalue weighted by Gasteiger charge is 2.36. The summed E-state index contributed by atoms with van der Waals surface area (Å²) in [5.41, 5.74) is 5.82. The van der Waals surface area contributed by atoms with Crippen molar-refractivity contribution in [1.82, 2.24) is 4.90 Å². The zero-order valence-electron chi connectivity index (χ0n) is 10.4. The number of carboxylic acids is 1. The van der Waals surface area contributed by atoms with Crippen LogP contribution in [0.5, 0.6) is 0 Å². The summed E-state index contributed by atoms with van der Waals surface area (Å²) in [6.07, 6.45) is 2.36. The van der Waals surface area contributed by atoms with E-state index in [1.165, 1.54) is 0 Å². The Labute approximate surface area is 106 Å². The fourth-order valence-electron chi connectivity index (χ4n) is 2.79. The van der Waals surface area contributed by atoms with Crippen LogP contribution in [-0.4, -0.2) is 53.7 Å². The topological polar surface area (TPSA) is 92.9 Å². The minimum atomic E-state index is -0.897. The maximum atomic E-state index is 12.4. The third-order valence-electron chi connectivity index (χ3n) is 3.74. The first kappa shape index (κ1) is 13.3. The Morgan fingerprint density at radius 1 is 1.39 bits per heavy atom. The predicted octanol–water partition coefficient (Wildman–Crippen LogP) is -0.184. The molecule has 1 aliphatic carbocycles. The van der Waals surface area contributed by atoms with Crippen molar-refractivity contribution < 1.29 is 19.4 Å². The molecule has 3 N–H and O–H groups in total. The number of hydrogen-bond acceptors (Lipinski definition) is 4. The average Bonchev–Trinajstić information content (AvgIpc) is 2.75. The molecule has 1 saturated heterocycles. The number of nitrogens with two attached hydrogens (primary N) is 1. The van der Waals surface area contributed by atoms with E-state index in [4.69, 9.17) is 15.6 Å². The van der Waals surface area contributed by atoms with E-state index in [1.54, 1.807) is 4.90 Å². The van der Waals surface area contributed by atoms with Crippen molar-refractivity contribution >= 4 is 11.9 Å². The molecule has 0 bridgehead atoms. The van der Waals surface area contributed by atoms with Gasteiger partial charge in [-0.2, -0.15) is 0 Å². The van der Waals surface area contributed by atoms with Crippen LogP contribution in [0.4, 0.5) is 0 Å². The predicted molar refractivity (Wildman–Crippen MR) is 63.9 cm³/mol. The number of carbonyl (C=O) groups is 2. The number of morpholine rings is 1. The first-order valence-corrected chi connectivity index (χ1v) is 6.43. The lowest BCUT2D eigenvalue weighted by Gasteiger charge is -2.36. The Kier molecular flexibility index (Phi) is 4.19. The van der Waals surface area contributed by atoms with E-state index >= 15 is 0 Å². The Hall–Kier alpha value is -1.14. The second kappa shape index (κ2) is 5.67. The summed E-state index contributed by atoms with van der Waals surface area (Å²) in [6.45, 7) is 1.29. The smallest absolute Gasteiger partial charge is 0.305 e. The fraction of sp³-hybridized carbons (Fsp3) is 0.833. The van der Waals surface area contributed by atoms with Crippen LogP contribution in [0.25, 0.3) is 0 Å². The summed E-state index contributed by atoms with van der Waals surface area (Å²) in [5, 5.41) is 8.86. The molecule has 0 aromatic heterocycles. The van der Waals surface area contributed by atoms with Gasteiger partial charge < -0.3 is 20.5 Å². The van der Waals surface area contributed by atoms with Crippen LogP contribution in [-0.2, 0) is 14.3 Å². The van der Waals surface area contributed by atoms with E-state index in [2.05, 4.69) is 0 Å². The van der Waals surface area contributed by atoms with Gasteiger partial charge in [-0.15, -0.1) is 0 Å². The van der Waals surface area contributed by atoms with Gasteiger partial charge in [-0.3, -0.25) is 9.59 Å². The van der Waals surface area contributed by atoms with E-state index in [9.17, 15) is 9.59 Å². The zero-order chi connectivity index (χ0) is 13.1. The fourth-order valence-corrected chi connectivity index (χ4v) is 2.79. The summed E-state index contributed by atoms with van der Waals surface area (Å²) >= 11 is 0. The van der Waals surface area contributed by atoms with Gasteiger partial charge in [0.2, 0.25) is 5.91 Å². The second-order valence-corrected chi connectivity index (χ2v) is 5.13. The normalized spacial score (nSPS) is 32.5. The minimum Gasteiger partial charge on any atom is -0.481 e. The number of nitrogens with zero attached hydrogens (tertiary/aromatic N) is 1. The molecule has 3 unspecified atom stereocenters. The number of hydrogen-bond donors (Lipinski definition) is 2. The lowest BCUT2D eigenvalue weighted by Crippen LogP contribution is -2.51. The highest BCUT2D eigenvalue weighted by Crippen LogP contribution is 2.27. The maximum absolute atomic E-state index is 12.4. The van der Waals surface area contributed by atoms with E-state index in [1.807, 2.05) is 0 Å². The molecule has 18 heavy (non-hydrogen) atoms. The first-order valence-electron chi connectivity index (χ1n) is 6.43. The van der Waals surface area contributed by atoms with Gasteiger partial charge in [0, 0.05) is 18.5 Å². The van der Waals surface area contributed by atoms with Gasteiger partial charge in [-0.1, -0.05) is 0 Å². The monoisotopic (exact) mass is 256 g/mol. The standard InChI is InChI=1S/C12H20N2O4/c13-9-2-1-8(5-9)12(17)14-3-4-18-7-10(14)6-11(15)16/h8-10H,1-7,13H2,(H,15,16). The number of ether oxygens (including phenoxy) is 1. The molecule has 1 heterocycles. The third-order valence-corrected chi connectivity index (χ3v) is 3.74. The van der Waals surface area contributed by atoms with Gasteiger partial charge in [0.15, 0.2) is 0 Å². The van der Waals surface area contributed by atoms with Crippen molar-refractivity contribution in [3.8, 4) is 0 Å². The molecule has 0 aromatic carbocycles. The van der Waals surface area contributed by atoms with Crippen LogP contribution >= 0.6 is 0 Å². The zero-order valence-corrected chi connectivity index (χ0v) is 10.4. The van der Waals surface area contributed by atoms with Crippen LogP contribution in [0.3, 0.4) is 0 Å². The number of carboxylic acid groups (broad SMARTS) is 1. The van der Waals surface area contributed by atoms with E-state index in [0.717, 1.165) is 19.3 Å². The SMILES string of the molecule is NC1CCC(C(=O)N2CCOCC2CC(=O)O)C1. The summed E-state index contributed by atoms with van der Waals surface area (Å²) in [5.74, 6) is -0.877. The Bertz CT molecular complexity index is 334. The lowest BCUT2D eigenvalue weighted by molar-refractivity contribution is -0.148. The van der Waals surface area contributed by atoms with Gasteiger partial charge in [0.25, 0.3) is 0 Å². The molecule has 2 aliphatic rings. The largest absolute Gasteiger partial charge is 0.481 e. The van der Waals surface area contributed by atoms with Crippen LogP contribution in [0.2, 0.25) is 0 Å². The number of amides is 1. The number of rotatable bonds is 3. The lowest BCUT2D eigenvalue weighted by atomic mass is 10.0. The quantitative estimate of drug-likeness (QED) is 0.730. The Balaban J connectivity index is 1.99. The van der Waals surface area contributed by atoms with Crippen molar-refractivity contribution in [2.24, 2.45) is 11.7 Å². The highest BCUT2D eigenvalue weighted by molar-refractivity contribution is 5.80. The molecule has 6 nitrogen and oxygen atoms in total. The summed E-state index contributed by atoms with van der Waals surface area (Å²) in [7, 11) is 0. The molecule has 1 aliphatic heterocycles. The molecule has 1 saturated carbocycles. The third kappa shape index (κ3) is 3.00. The van der Waals surface area contributed by atoms with Gasteiger partial charge in [0.1, 0.15) is 0 Å².